The van der Waals surface area contributed by atoms with Crippen LogP contribution in [0.1, 0.15) is 25.7 Å². The number of rotatable bonds is 1. The first-order chi connectivity index (χ1) is 6.90. The maximum Gasteiger partial charge on any atom is 0.0656 e. The normalized spacial score (nSPS) is 27.4. The molecule has 0 atom stereocenters. The molecule has 2 fully saturated rings. The summed E-state index contributed by atoms with van der Waals surface area (Å²) < 4.78 is 0. The molecule has 78 valence electrons. The van der Waals surface area contributed by atoms with Crippen LogP contribution in [0, 0.1) is 17.2 Å². The van der Waals surface area contributed by atoms with Gasteiger partial charge in [-0.3, -0.25) is 0 Å². The maximum absolute atomic E-state index is 8.81. The number of piperidine rings is 2. The lowest BCUT2D eigenvalue weighted by Crippen LogP contribution is -2.46. The second-order valence-corrected chi connectivity index (χ2v) is 4.42. The summed E-state index contributed by atoms with van der Waals surface area (Å²) in [6, 6.07) is 3.18. The van der Waals surface area contributed by atoms with Gasteiger partial charge in [-0.25, -0.2) is 0 Å². The van der Waals surface area contributed by atoms with E-state index in [1.165, 1.54) is 25.9 Å². The summed E-state index contributed by atoms with van der Waals surface area (Å²) in [5, 5.41) is 12.2. The molecule has 3 heteroatoms. The highest BCUT2D eigenvalue weighted by atomic mass is 15.2. The number of hydrogen-bond acceptors (Lipinski definition) is 3. The van der Waals surface area contributed by atoms with Crippen LogP contribution in [-0.4, -0.2) is 37.1 Å². The fraction of sp³-hybridized carbons (Fsp3) is 0.909. The number of nitrogens with one attached hydrogen (secondary N) is 1. The molecule has 0 saturated carbocycles. The van der Waals surface area contributed by atoms with E-state index in [-0.39, 0.29) is 0 Å². The molecule has 0 aromatic heterocycles. The largest absolute Gasteiger partial charge is 0.317 e. The maximum atomic E-state index is 8.81. The third-order valence-electron chi connectivity index (χ3n) is 3.54. The zero-order valence-electron chi connectivity index (χ0n) is 8.71. The molecule has 0 unspecified atom stereocenters. The van der Waals surface area contributed by atoms with E-state index in [0.717, 1.165) is 32.0 Å². The van der Waals surface area contributed by atoms with E-state index in [0.29, 0.717) is 5.92 Å². The van der Waals surface area contributed by atoms with E-state index in [9.17, 15) is 0 Å². The molecule has 2 aliphatic heterocycles. The Bertz CT molecular complexity index is 207. The molecule has 0 amide bonds. The average Bonchev–Trinajstić information content (AvgIpc) is 2.30. The third kappa shape index (κ3) is 2.26. The van der Waals surface area contributed by atoms with Crippen molar-refractivity contribution in [2.24, 2.45) is 5.92 Å². The van der Waals surface area contributed by atoms with Gasteiger partial charge in [0, 0.05) is 12.0 Å². The van der Waals surface area contributed by atoms with Crippen LogP contribution in [0.3, 0.4) is 0 Å². The Morgan fingerprint density at radius 2 is 1.71 bits per heavy atom. The van der Waals surface area contributed by atoms with Crippen molar-refractivity contribution >= 4 is 0 Å². The Kier molecular flexibility index (Phi) is 3.39. The van der Waals surface area contributed by atoms with Crippen LogP contribution in [0.25, 0.3) is 0 Å². The van der Waals surface area contributed by atoms with E-state index in [1.807, 2.05) is 0 Å². The van der Waals surface area contributed by atoms with E-state index in [1.54, 1.807) is 0 Å². The van der Waals surface area contributed by atoms with Gasteiger partial charge in [0.2, 0.25) is 0 Å². The lowest BCUT2D eigenvalue weighted by atomic mass is 9.95. The van der Waals surface area contributed by atoms with Crippen LogP contribution in [0.2, 0.25) is 0 Å². The lowest BCUT2D eigenvalue weighted by Gasteiger charge is -2.38. The van der Waals surface area contributed by atoms with Crippen molar-refractivity contribution in [2.75, 3.05) is 26.2 Å². The molecule has 0 aromatic rings. The minimum atomic E-state index is 0.327. The first-order valence-corrected chi connectivity index (χ1v) is 5.74. The van der Waals surface area contributed by atoms with Gasteiger partial charge in [0.15, 0.2) is 0 Å². The summed E-state index contributed by atoms with van der Waals surface area (Å²) in [4.78, 5) is 2.59. The third-order valence-corrected chi connectivity index (χ3v) is 3.54. The Balaban J connectivity index is 1.79. The van der Waals surface area contributed by atoms with Crippen LogP contribution in [0.5, 0.6) is 0 Å². The molecule has 0 aromatic carbocycles. The lowest BCUT2D eigenvalue weighted by molar-refractivity contribution is 0.123. The molecule has 2 aliphatic rings. The minimum Gasteiger partial charge on any atom is -0.317 e. The zero-order chi connectivity index (χ0) is 9.80. The predicted octanol–water partition coefficient (Wildman–Crippen LogP) is 0.974. The summed E-state index contributed by atoms with van der Waals surface area (Å²) in [5.41, 5.74) is 0. The van der Waals surface area contributed by atoms with E-state index in [4.69, 9.17) is 5.26 Å². The standard InChI is InChI=1S/C11H19N3/c12-9-10-3-7-14(8-4-10)11-1-5-13-6-2-11/h10-11,13H,1-8H2. The van der Waals surface area contributed by atoms with Gasteiger partial charge >= 0.3 is 0 Å². The fourth-order valence-corrected chi connectivity index (χ4v) is 2.57. The Labute approximate surface area is 86.1 Å². The summed E-state index contributed by atoms with van der Waals surface area (Å²) in [6.45, 7) is 4.62. The highest BCUT2D eigenvalue weighted by Crippen LogP contribution is 2.21. The van der Waals surface area contributed by atoms with Crippen LogP contribution in [0.4, 0.5) is 0 Å². The van der Waals surface area contributed by atoms with E-state index in [2.05, 4.69) is 16.3 Å². The SMILES string of the molecule is N#CC1CCN(C2CCNCC2)CC1. The monoisotopic (exact) mass is 193 g/mol. The quantitative estimate of drug-likeness (QED) is 0.674. The van der Waals surface area contributed by atoms with Crippen molar-refractivity contribution in [3.8, 4) is 6.07 Å². The van der Waals surface area contributed by atoms with Gasteiger partial charge in [0.1, 0.15) is 0 Å². The summed E-state index contributed by atoms with van der Waals surface area (Å²) in [6.07, 6.45) is 4.75. The van der Waals surface area contributed by atoms with Gasteiger partial charge in [-0.05, 0) is 51.9 Å². The predicted molar refractivity (Wildman–Crippen MR) is 55.8 cm³/mol. The average molecular weight is 193 g/mol. The van der Waals surface area contributed by atoms with Gasteiger partial charge < -0.3 is 10.2 Å². The zero-order valence-corrected chi connectivity index (χ0v) is 8.71. The number of hydrogen-bond donors (Lipinski definition) is 1. The van der Waals surface area contributed by atoms with Crippen molar-refractivity contribution in [1.82, 2.24) is 10.2 Å². The van der Waals surface area contributed by atoms with Crippen molar-refractivity contribution < 1.29 is 0 Å². The highest BCUT2D eigenvalue weighted by Gasteiger charge is 2.25. The van der Waals surface area contributed by atoms with Gasteiger partial charge in [0.25, 0.3) is 0 Å². The topological polar surface area (TPSA) is 39.1 Å². The molecular formula is C11H19N3. The Hall–Kier alpha value is -0.590. The van der Waals surface area contributed by atoms with Crippen LogP contribution in [0.15, 0.2) is 0 Å². The van der Waals surface area contributed by atoms with Crippen molar-refractivity contribution in [1.29, 1.82) is 5.26 Å². The summed E-state index contributed by atoms with van der Waals surface area (Å²) >= 11 is 0. The van der Waals surface area contributed by atoms with Crippen molar-refractivity contribution in [3.05, 3.63) is 0 Å². The molecule has 2 rings (SSSR count). The van der Waals surface area contributed by atoms with Crippen LogP contribution < -0.4 is 5.32 Å². The number of likely N-dealkylation sites (tertiary alicyclic amines) is 1. The number of nitrogens with zero attached hydrogens (tertiary/aromatic N) is 2. The second-order valence-electron chi connectivity index (χ2n) is 4.42. The van der Waals surface area contributed by atoms with Gasteiger partial charge in [-0.15, -0.1) is 0 Å². The Morgan fingerprint density at radius 3 is 2.29 bits per heavy atom. The Morgan fingerprint density at radius 1 is 1.07 bits per heavy atom. The first kappa shape index (κ1) is 9.95. The summed E-state index contributed by atoms with van der Waals surface area (Å²) in [7, 11) is 0. The van der Waals surface area contributed by atoms with Crippen molar-refractivity contribution in [3.63, 3.8) is 0 Å². The van der Waals surface area contributed by atoms with E-state index < -0.39 is 0 Å². The molecule has 14 heavy (non-hydrogen) atoms. The van der Waals surface area contributed by atoms with Gasteiger partial charge in [-0.1, -0.05) is 0 Å². The van der Waals surface area contributed by atoms with Gasteiger partial charge in [0.05, 0.1) is 6.07 Å². The van der Waals surface area contributed by atoms with E-state index >= 15 is 0 Å². The highest BCUT2D eigenvalue weighted by molar-refractivity contribution is 4.89. The fourth-order valence-electron chi connectivity index (χ4n) is 2.57. The molecule has 0 spiro atoms. The molecule has 0 bridgehead atoms. The van der Waals surface area contributed by atoms with Crippen LogP contribution in [-0.2, 0) is 0 Å². The van der Waals surface area contributed by atoms with Crippen molar-refractivity contribution in [2.45, 2.75) is 31.7 Å². The molecule has 3 nitrogen and oxygen atoms in total. The molecule has 2 heterocycles. The molecule has 0 radical (unpaired) electrons. The van der Waals surface area contributed by atoms with Gasteiger partial charge in [-0.2, -0.15) is 5.26 Å². The smallest absolute Gasteiger partial charge is 0.0656 e. The first-order valence-electron chi connectivity index (χ1n) is 5.74. The molecule has 1 N–H and O–H groups in total. The number of nitriles is 1. The molecule has 0 aliphatic carbocycles. The molecule has 2 saturated heterocycles. The molecular weight excluding hydrogens is 174 g/mol. The second kappa shape index (κ2) is 4.77. The summed E-state index contributed by atoms with van der Waals surface area (Å²) in [5.74, 6) is 0.327. The van der Waals surface area contributed by atoms with Crippen LogP contribution >= 0.6 is 0 Å². The minimum absolute atomic E-state index is 0.327.